The van der Waals surface area contributed by atoms with E-state index in [1.54, 1.807) is 0 Å². The van der Waals surface area contributed by atoms with Crippen LogP contribution in [0.15, 0.2) is 6.07 Å². The van der Waals surface area contributed by atoms with Crippen molar-refractivity contribution in [3.63, 3.8) is 0 Å². The minimum absolute atomic E-state index is 0.166. The predicted molar refractivity (Wildman–Crippen MR) is 48.1 cm³/mol. The number of halogens is 2. The third-order valence-corrected chi connectivity index (χ3v) is 2.45. The Balaban J connectivity index is 2.64. The van der Waals surface area contributed by atoms with Crippen LogP contribution in [0.5, 0.6) is 5.75 Å². The summed E-state index contributed by atoms with van der Waals surface area (Å²) < 4.78 is 31.9. The first kappa shape index (κ1) is 9.40. The van der Waals surface area contributed by atoms with E-state index in [1.165, 1.54) is 13.0 Å². The third-order valence-electron chi connectivity index (χ3n) is 2.45. The zero-order valence-corrected chi connectivity index (χ0v) is 7.81. The molecular weight excluding hydrogens is 188 g/mol. The maximum absolute atomic E-state index is 13.5. The number of rotatable bonds is 0. The molecule has 0 aromatic heterocycles. The van der Waals surface area contributed by atoms with Gasteiger partial charge in [-0.15, -0.1) is 0 Å². The number of benzene rings is 1. The Hall–Kier alpha value is -1.16. The Bertz CT molecular complexity index is 379. The van der Waals surface area contributed by atoms with Crippen LogP contribution in [0.25, 0.3) is 0 Å². The second kappa shape index (κ2) is 3.20. The SMILES string of the molecule is Cc1cc2c(c(F)c1F)C(N)CCO2. The highest BCUT2D eigenvalue weighted by atomic mass is 19.2. The van der Waals surface area contributed by atoms with Gasteiger partial charge in [0, 0.05) is 18.0 Å². The van der Waals surface area contributed by atoms with Crippen molar-refractivity contribution in [3.05, 3.63) is 28.8 Å². The van der Waals surface area contributed by atoms with Gasteiger partial charge in [-0.05, 0) is 18.6 Å². The number of fused-ring (bicyclic) bond motifs is 1. The first-order valence-corrected chi connectivity index (χ1v) is 4.48. The van der Waals surface area contributed by atoms with Crippen LogP contribution in [-0.4, -0.2) is 6.61 Å². The highest BCUT2D eigenvalue weighted by molar-refractivity contribution is 5.42. The number of aryl methyl sites for hydroxylation is 1. The molecule has 1 atom stereocenters. The maximum atomic E-state index is 13.5. The molecule has 0 amide bonds. The van der Waals surface area contributed by atoms with Crippen LogP contribution in [0.4, 0.5) is 8.78 Å². The summed E-state index contributed by atoms with van der Waals surface area (Å²) in [5.41, 5.74) is 6.09. The summed E-state index contributed by atoms with van der Waals surface area (Å²) in [5, 5.41) is 0. The van der Waals surface area contributed by atoms with Gasteiger partial charge < -0.3 is 10.5 Å². The van der Waals surface area contributed by atoms with Gasteiger partial charge in [-0.3, -0.25) is 0 Å². The summed E-state index contributed by atoms with van der Waals surface area (Å²) in [6, 6.07) is 1.03. The van der Waals surface area contributed by atoms with E-state index in [-0.39, 0.29) is 11.1 Å². The van der Waals surface area contributed by atoms with Crippen molar-refractivity contribution in [2.75, 3.05) is 6.61 Å². The molecule has 0 radical (unpaired) electrons. The van der Waals surface area contributed by atoms with Crippen LogP contribution in [-0.2, 0) is 0 Å². The molecule has 0 saturated heterocycles. The Morgan fingerprint density at radius 2 is 2.14 bits per heavy atom. The van der Waals surface area contributed by atoms with Crippen molar-refractivity contribution in [2.24, 2.45) is 5.73 Å². The van der Waals surface area contributed by atoms with E-state index in [1.807, 2.05) is 0 Å². The molecule has 0 fully saturated rings. The predicted octanol–water partition coefficient (Wildman–Crippen LogP) is 2.06. The lowest BCUT2D eigenvalue weighted by atomic mass is 9.99. The molecular formula is C10H11F2NO. The van der Waals surface area contributed by atoms with Crippen molar-refractivity contribution < 1.29 is 13.5 Å². The Kier molecular flexibility index (Phi) is 2.15. The molecule has 0 saturated carbocycles. The van der Waals surface area contributed by atoms with Crippen molar-refractivity contribution in [1.82, 2.24) is 0 Å². The molecule has 1 unspecified atom stereocenters. The van der Waals surface area contributed by atoms with E-state index < -0.39 is 17.7 Å². The quantitative estimate of drug-likeness (QED) is 0.694. The normalized spacial score (nSPS) is 20.1. The van der Waals surface area contributed by atoms with Gasteiger partial charge in [0.25, 0.3) is 0 Å². The fraction of sp³-hybridized carbons (Fsp3) is 0.400. The summed E-state index contributed by atoms with van der Waals surface area (Å²) in [7, 11) is 0. The van der Waals surface area contributed by atoms with Gasteiger partial charge in [0.05, 0.1) is 6.61 Å². The lowest BCUT2D eigenvalue weighted by Crippen LogP contribution is -2.22. The molecule has 76 valence electrons. The topological polar surface area (TPSA) is 35.2 Å². The average molecular weight is 199 g/mol. The number of hydrogen-bond acceptors (Lipinski definition) is 2. The molecule has 1 aliphatic rings. The van der Waals surface area contributed by atoms with Crippen molar-refractivity contribution in [1.29, 1.82) is 0 Å². The lowest BCUT2D eigenvalue weighted by Gasteiger charge is -2.24. The van der Waals surface area contributed by atoms with Gasteiger partial charge in [0.2, 0.25) is 0 Å². The summed E-state index contributed by atoms with van der Waals surface area (Å²) in [5.74, 6) is -1.32. The van der Waals surface area contributed by atoms with Gasteiger partial charge in [0.1, 0.15) is 5.75 Å². The second-order valence-electron chi connectivity index (χ2n) is 3.48. The first-order valence-electron chi connectivity index (χ1n) is 4.48. The molecule has 0 bridgehead atoms. The molecule has 2 rings (SSSR count). The van der Waals surface area contributed by atoms with E-state index >= 15 is 0 Å². The van der Waals surface area contributed by atoms with E-state index in [2.05, 4.69) is 0 Å². The first-order chi connectivity index (χ1) is 6.61. The van der Waals surface area contributed by atoms with E-state index in [9.17, 15) is 8.78 Å². The monoisotopic (exact) mass is 199 g/mol. The molecule has 0 spiro atoms. The Morgan fingerprint density at radius 1 is 1.43 bits per heavy atom. The zero-order valence-electron chi connectivity index (χ0n) is 7.81. The molecule has 4 heteroatoms. The fourth-order valence-corrected chi connectivity index (χ4v) is 1.64. The van der Waals surface area contributed by atoms with Gasteiger partial charge in [-0.2, -0.15) is 0 Å². The smallest absolute Gasteiger partial charge is 0.167 e. The van der Waals surface area contributed by atoms with Gasteiger partial charge in [-0.25, -0.2) is 8.78 Å². The third kappa shape index (κ3) is 1.26. The summed E-state index contributed by atoms with van der Waals surface area (Å²) >= 11 is 0. The molecule has 1 aliphatic heterocycles. The van der Waals surface area contributed by atoms with Gasteiger partial charge in [-0.1, -0.05) is 0 Å². The van der Waals surface area contributed by atoms with Crippen LogP contribution < -0.4 is 10.5 Å². The maximum Gasteiger partial charge on any atom is 0.167 e. The van der Waals surface area contributed by atoms with E-state index in [0.717, 1.165) is 0 Å². The summed E-state index contributed by atoms with van der Waals surface area (Å²) in [4.78, 5) is 0. The molecule has 1 heterocycles. The molecule has 2 N–H and O–H groups in total. The number of nitrogens with two attached hydrogens (primary N) is 1. The molecule has 2 nitrogen and oxygen atoms in total. The Labute approximate surface area is 80.7 Å². The van der Waals surface area contributed by atoms with Crippen LogP contribution in [0, 0.1) is 18.6 Å². The molecule has 1 aromatic carbocycles. The van der Waals surface area contributed by atoms with Crippen LogP contribution in [0.3, 0.4) is 0 Å². The average Bonchev–Trinajstić information content (AvgIpc) is 2.14. The van der Waals surface area contributed by atoms with E-state index in [0.29, 0.717) is 18.8 Å². The minimum Gasteiger partial charge on any atom is -0.493 e. The number of hydrogen-bond donors (Lipinski definition) is 1. The summed E-state index contributed by atoms with van der Waals surface area (Å²) in [6.45, 7) is 1.96. The van der Waals surface area contributed by atoms with Crippen molar-refractivity contribution >= 4 is 0 Å². The zero-order chi connectivity index (χ0) is 10.3. The van der Waals surface area contributed by atoms with Gasteiger partial charge >= 0.3 is 0 Å². The number of ether oxygens (including phenoxy) is 1. The standard InChI is InChI=1S/C10H11F2NO/c1-5-4-7-8(10(12)9(5)11)6(13)2-3-14-7/h4,6H,2-3,13H2,1H3. The van der Waals surface area contributed by atoms with Crippen molar-refractivity contribution in [3.8, 4) is 5.75 Å². The lowest BCUT2D eigenvalue weighted by molar-refractivity contribution is 0.261. The highest BCUT2D eigenvalue weighted by Gasteiger charge is 2.25. The van der Waals surface area contributed by atoms with Crippen LogP contribution >= 0.6 is 0 Å². The molecule has 14 heavy (non-hydrogen) atoms. The van der Waals surface area contributed by atoms with Gasteiger partial charge in [0.15, 0.2) is 11.6 Å². The van der Waals surface area contributed by atoms with E-state index in [4.69, 9.17) is 10.5 Å². The van der Waals surface area contributed by atoms with Crippen LogP contribution in [0.1, 0.15) is 23.6 Å². The Morgan fingerprint density at radius 3 is 2.86 bits per heavy atom. The fourth-order valence-electron chi connectivity index (χ4n) is 1.64. The largest absolute Gasteiger partial charge is 0.493 e. The van der Waals surface area contributed by atoms with Crippen molar-refractivity contribution in [2.45, 2.75) is 19.4 Å². The van der Waals surface area contributed by atoms with Crippen LogP contribution in [0.2, 0.25) is 0 Å². The molecule has 1 aromatic rings. The minimum atomic E-state index is -0.868. The molecule has 0 aliphatic carbocycles. The summed E-state index contributed by atoms with van der Waals surface area (Å²) in [6.07, 6.45) is 0.520. The second-order valence-corrected chi connectivity index (χ2v) is 3.48. The highest BCUT2D eigenvalue weighted by Crippen LogP contribution is 2.35.